The van der Waals surface area contributed by atoms with Crippen molar-refractivity contribution >= 4 is 5.69 Å². The fourth-order valence-corrected chi connectivity index (χ4v) is 2.27. The average molecular weight is 305 g/mol. The van der Waals surface area contributed by atoms with E-state index in [1.807, 2.05) is 7.05 Å². The van der Waals surface area contributed by atoms with E-state index in [0.717, 1.165) is 0 Å². The van der Waals surface area contributed by atoms with Crippen molar-refractivity contribution in [2.45, 2.75) is 13.5 Å². The molecule has 0 saturated carbocycles. The van der Waals surface area contributed by atoms with E-state index >= 15 is 0 Å². The molecule has 6 nitrogen and oxygen atoms in total. The van der Waals surface area contributed by atoms with Crippen LogP contribution in [0.4, 0.5) is 5.69 Å². The van der Waals surface area contributed by atoms with Crippen molar-refractivity contribution in [3.8, 4) is 0 Å². The number of aliphatic hydroxyl groups excluding tert-OH is 2. The third-order valence-electron chi connectivity index (χ3n) is 3.34. The quantitative estimate of drug-likeness (QED) is 0.341. The normalized spacial score (nSPS) is 11.0. The lowest BCUT2D eigenvalue weighted by molar-refractivity contribution is -0.923. The predicted octanol–water partition coefficient (Wildman–Crippen LogP) is -2.16. The van der Waals surface area contributed by atoms with E-state index in [9.17, 15) is 10.1 Å². The van der Waals surface area contributed by atoms with Gasteiger partial charge in [0, 0.05) is 5.56 Å². The van der Waals surface area contributed by atoms with Gasteiger partial charge >= 0.3 is 0 Å². The van der Waals surface area contributed by atoms with Crippen molar-refractivity contribution in [1.82, 2.24) is 0 Å². The monoisotopic (exact) mass is 304 g/mol. The summed E-state index contributed by atoms with van der Waals surface area (Å²) in [6.07, 6.45) is 0. The molecule has 0 heterocycles. The van der Waals surface area contributed by atoms with Gasteiger partial charge in [-0.05, 0) is 13.0 Å². The summed E-state index contributed by atoms with van der Waals surface area (Å²) >= 11 is 0. The average Bonchev–Trinajstić information content (AvgIpc) is 2.28. The van der Waals surface area contributed by atoms with E-state index in [1.165, 1.54) is 0 Å². The molecule has 0 aliphatic carbocycles. The molecule has 0 atom stereocenters. The molecule has 0 unspecified atom stereocenters. The molecule has 0 bridgehead atoms. The number of para-hydroxylation sites is 1. The Morgan fingerprint density at radius 3 is 2.25 bits per heavy atom. The third kappa shape index (κ3) is 4.72. The van der Waals surface area contributed by atoms with Crippen molar-refractivity contribution in [3.63, 3.8) is 0 Å². The van der Waals surface area contributed by atoms with Gasteiger partial charge in [0.1, 0.15) is 19.6 Å². The highest BCUT2D eigenvalue weighted by molar-refractivity contribution is 5.46. The van der Waals surface area contributed by atoms with Crippen LogP contribution in [0.1, 0.15) is 11.1 Å². The molecule has 0 saturated heterocycles. The molecule has 0 radical (unpaired) electrons. The fraction of sp³-hybridized carbons (Fsp3) is 0.538. The summed E-state index contributed by atoms with van der Waals surface area (Å²) < 4.78 is 0.372. The molecule has 0 amide bonds. The van der Waals surface area contributed by atoms with E-state index in [2.05, 4.69) is 0 Å². The fourth-order valence-electron chi connectivity index (χ4n) is 2.27. The zero-order chi connectivity index (χ0) is 14.5. The minimum Gasteiger partial charge on any atom is -1.00 e. The van der Waals surface area contributed by atoms with Crippen LogP contribution in [0.2, 0.25) is 0 Å². The van der Waals surface area contributed by atoms with Crippen LogP contribution in [-0.2, 0) is 6.54 Å². The highest BCUT2D eigenvalue weighted by atomic mass is 35.5. The van der Waals surface area contributed by atoms with Gasteiger partial charge in [0.15, 0.2) is 0 Å². The van der Waals surface area contributed by atoms with Crippen LogP contribution < -0.4 is 12.4 Å². The molecular formula is C13H21ClN2O4. The summed E-state index contributed by atoms with van der Waals surface area (Å²) in [5.74, 6) is 0. The Bertz CT molecular complexity index is 448. The zero-order valence-corrected chi connectivity index (χ0v) is 12.5. The van der Waals surface area contributed by atoms with Crippen molar-refractivity contribution in [1.29, 1.82) is 0 Å². The van der Waals surface area contributed by atoms with Crippen molar-refractivity contribution in [3.05, 3.63) is 39.4 Å². The van der Waals surface area contributed by atoms with Gasteiger partial charge in [-0.3, -0.25) is 10.1 Å². The Hall–Kier alpha value is -1.21. The number of rotatable bonds is 7. The molecule has 0 aromatic heterocycles. The molecule has 20 heavy (non-hydrogen) atoms. The number of nitro groups is 1. The Kier molecular flexibility index (Phi) is 7.67. The highest BCUT2D eigenvalue weighted by Gasteiger charge is 2.26. The molecule has 1 aromatic carbocycles. The second-order valence-corrected chi connectivity index (χ2v) is 5.01. The van der Waals surface area contributed by atoms with Crippen LogP contribution in [0.5, 0.6) is 0 Å². The Morgan fingerprint density at radius 1 is 1.25 bits per heavy atom. The summed E-state index contributed by atoms with van der Waals surface area (Å²) in [5.41, 5.74) is 1.39. The molecule has 0 aliphatic rings. The molecule has 0 fully saturated rings. The SMILES string of the molecule is Cc1cccc(C[N+](C)(CCO)CCO)c1[N+](=O)[O-].[Cl-]. The standard InChI is InChI=1S/C13H21N2O4.ClH/c1-11-4-3-5-12(13(11)14(18)19)10-15(2,6-8-16)7-9-17;/h3-5,16-17H,6-10H2,1-2H3;1H/q+1;/p-1. The van der Waals surface area contributed by atoms with Crippen LogP contribution in [-0.4, -0.2) is 53.0 Å². The lowest BCUT2D eigenvalue weighted by atomic mass is 10.1. The first-order valence-electron chi connectivity index (χ1n) is 6.21. The van der Waals surface area contributed by atoms with Crippen LogP contribution in [0.3, 0.4) is 0 Å². The van der Waals surface area contributed by atoms with Crippen molar-refractivity contribution < 1.29 is 32.0 Å². The second kappa shape index (κ2) is 8.16. The first-order valence-corrected chi connectivity index (χ1v) is 6.21. The topological polar surface area (TPSA) is 83.6 Å². The third-order valence-corrected chi connectivity index (χ3v) is 3.34. The summed E-state index contributed by atoms with van der Waals surface area (Å²) in [4.78, 5) is 10.8. The van der Waals surface area contributed by atoms with Gasteiger partial charge < -0.3 is 27.1 Å². The van der Waals surface area contributed by atoms with Gasteiger partial charge in [-0.25, -0.2) is 0 Å². The first-order chi connectivity index (χ1) is 8.93. The van der Waals surface area contributed by atoms with Gasteiger partial charge in [0.2, 0.25) is 0 Å². The van der Waals surface area contributed by atoms with Gasteiger partial charge in [-0.2, -0.15) is 0 Å². The Balaban J connectivity index is 0.00000361. The summed E-state index contributed by atoms with van der Waals surface area (Å²) in [5, 5.41) is 29.4. The van der Waals surface area contributed by atoms with E-state index in [4.69, 9.17) is 10.2 Å². The maximum absolute atomic E-state index is 11.1. The Morgan fingerprint density at radius 2 is 1.80 bits per heavy atom. The second-order valence-electron chi connectivity index (χ2n) is 5.01. The number of nitrogens with zero attached hydrogens (tertiary/aromatic N) is 2. The van der Waals surface area contributed by atoms with Crippen LogP contribution in [0, 0.1) is 17.0 Å². The number of nitro benzene ring substituents is 1. The van der Waals surface area contributed by atoms with E-state index < -0.39 is 0 Å². The maximum atomic E-state index is 11.1. The maximum Gasteiger partial charge on any atom is 0.281 e. The summed E-state index contributed by atoms with van der Waals surface area (Å²) in [6.45, 7) is 2.99. The van der Waals surface area contributed by atoms with Gasteiger partial charge in [0.25, 0.3) is 5.69 Å². The highest BCUT2D eigenvalue weighted by Crippen LogP contribution is 2.26. The zero-order valence-electron chi connectivity index (χ0n) is 11.8. The largest absolute Gasteiger partial charge is 1.00 e. The summed E-state index contributed by atoms with van der Waals surface area (Å²) in [6, 6.07) is 5.24. The molecule has 114 valence electrons. The van der Waals surface area contributed by atoms with E-state index in [1.54, 1.807) is 25.1 Å². The molecular weight excluding hydrogens is 284 g/mol. The molecule has 2 N–H and O–H groups in total. The number of halogens is 1. The first kappa shape index (κ1) is 18.8. The van der Waals surface area contributed by atoms with E-state index in [0.29, 0.717) is 35.2 Å². The van der Waals surface area contributed by atoms with Gasteiger partial charge in [-0.15, -0.1) is 0 Å². The summed E-state index contributed by atoms with van der Waals surface area (Å²) in [7, 11) is 1.87. The predicted molar refractivity (Wildman–Crippen MR) is 71.6 cm³/mol. The minimum atomic E-state index is -0.368. The molecule has 1 rings (SSSR count). The Labute approximate surface area is 124 Å². The lowest BCUT2D eigenvalue weighted by Crippen LogP contribution is -3.00. The van der Waals surface area contributed by atoms with Crippen LogP contribution in [0.25, 0.3) is 0 Å². The number of hydrogen-bond acceptors (Lipinski definition) is 4. The molecule has 0 aliphatic heterocycles. The van der Waals surface area contributed by atoms with Crippen molar-refractivity contribution in [2.24, 2.45) is 0 Å². The minimum absolute atomic E-state index is 0. The number of hydrogen-bond donors (Lipinski definition) is 2. The number of likely N-dealkylation sites (N-methyl/N-ethyl adjacent to an activating group) is 1. The lowest BCUT2D eigenvalue weighted by Gasteiger charge is -2.33. The molecule has 0 spiro atoms. The number of quaternary nitrogens is 1. The smallest absolute Gasteiger partial charge is 0.281 e. The number of aliphatic hydroxyl groups is 2. The van der Waals surface area contributed by atoms with Gasteiger partial charge in [-0.1, -0.05) is 12.1 Å². The van der Waals surface area contributed by atoms with E-state index in [-0.39, 0.29) is 36.2 Å². The van der Waals surface area contributed by atoms with Gasteiger partial charge in [0.05, 0.1) is 30.7 Å². The van der Waals surface area contributed by atoms with Crippen LogP contribution >= 0.6 is 0 Å². The van der Waals surface area contributed by atoms with Crippen LogP contribution in [0.15, 0.2) is 18.2 Å². The molecule has 1 aromatic rings. The molecule has 7 heteroatoms. The number of aryl methyl sites for hydroxylation is 1. The number of benzene rings is 1. The van der Waals surface area contributed by atoms with Crippen molar-refractivity contribution in [2.75, 3.05) is 33.4 Å².